The molecule has 9 nitrogen and oxygen atoms in total. The number of aryl methyl sites for hydroxylation is 1. The van der Waals surface area contributed by atoms with Crippen LogP contribution in [0.2, 0.25) is 0 Å². The number of nitro groups is 1. The van der Waals surface area contributed by atoms with Crippen LogP contribution >= 0.6 is 0 Å². The van der Waals surface area contributed by atoms with Crippen LogP contribution in [0.3, 0.4) is 0 Å². The van der Waals surface area contributed by atoms with Gasteiger partial charge < -0.3 is 9.47 Å². The zero-order chi connectivity index (χ0) is 21.3. The number of hydrogen-bond donors (Lipinski definition) is 0. The Morgan fingerprint density at radius 3 is 2.34 bits per heavy atom. The van der Waals surface area contributed by atoms with Gasteiger partial charge in [-0.25, -0.2) is 8.42 Å². The molecule has 0 radical (unpaired) electrons. The number of aromatic nitrogens is 1. The number of hydrogen-bond acceptors (Lipinski definition) is 5. The molecule has 1 aromatic carbocycles. The molecule has 0 saturated carbocycles. The van der Waals surface area contributed by atoms with Crippen molar-refractivity contribution in [2.45, 2.75) is 32.2 Å². The van der Waals surface area contributed by atoms with Crippen LogP contribution in [0.25, 0.3) is 0 Å². The van der Waals surface area contributed by atoms with Crippen LogP contribution in [0.4, 0.5) is 5.69 Å². The first-order chi connectivity index (χ1) is 13.7. The number of amides is 1. The highest BCUT2D eigenvalue weighted by Gasteiger charge is 2.32. The molecule has 0 bridgehead atoms. The van der Waals surface area contributed by atoms with Gasteiger partial charge in [0, 0.05) is 56.2 Å². The molecule has 1 fully saturated rings. The van der Waals surface area contributed by atoms with Crippen LogP contribution < -0.4 is 0 Å². The van der Waals surface area contributed by atoms with Gasteiger partial charge in [0.15, 0.2) is 0 Å². The Morgan fingerprint density at radius 1 is 1.14 bits per heavy atom. The minimum atomic E-state index is -3.86. The molecule has 0 unspecified atom stereocenters. The van der Waals surface area contributed by atoms with Crippen molar-refractivity contribution in [1.29, 1.82) is 0 Å². The molecule has 1 aromatic heterocycles. The van der Waals surface area contributed by atoms with Crippen molar-refractivity contribution in [1.82, 2.24) is 13.8 Å². The quantitative estimate of drug-likeness (QED) is 0.544. The van der Waals surface area contributed by atoms with E-state index in [4.69, 9.17) is 0 Å². The minimum absolute atomic E-state index is 0.106. The minimum Gasteiger partial charge on any atom is -0.349 e. The topological polar surface area (TPSA) is 106 Å². The van der Waals surface area contributed by atoms with Crippen molar-refractivity contribution in [2.24, 2.45) is 0 Å². The molecule has 1 amide bonds. The summed E-state index contributed by atoms with van der Waals surface area (Å²) in [4.78, 5) is 24.8. The van der Waals surface area contributed by atoms with E-state index in [2.05, 4.69) is 4.57 Å². The van der Waals surface area contributed by atoms with Gasteiger partial charge >= 0.3 is 0 Å². The predicted octanol–water partition coefficient (Wildman–Crippen LogP) is 2.18. The van der Waals surface area contributed by atoms with E-state index < -0.39 is 14.9 Å². The third-order valence-electron chi connectivity index (χ3n) is 5.31. The van der Waals surface area contributed by atoms with Gasteiger partial charge in [0.05, 0.1) is 15.4 Å². The summed E-state index contributed by atoms with van der Waals surface area (Å²) in [5, 5.41) is 10.9. The second-order valence-corrected chi connectivity index (χ2v) is 8.92. The van der Waals surface area contributed by atoms with Gasteiger partial charge in [-0.2, -0.15) is 4.31 Å². The number of non-ortho nitro benzene ring substituents is 1. The summed E-state index contributed by atoms with van der Waals surface area (Å²) in [5.74, 6) is -0.106. The summed E-state index contributed by atoms with van der Waals surface area (Å²) in [6.07, 6.45) is 0. The molecular formula is C19H24N4O5S. The number of nitrogens with zero attached hydrogens (tertiary/aromatic N) is 4. The summed E-state index contributed by atoms with van der Waals surface area (Å²) < 4.78 is 29.0. The van der Waals surface area contributed by atoms with E-state index in [1.54, 1.807) is 4.90 Å². The molecule has 0 N–H and O–H groups in total. The van der Waals surface area contributed by atoms with Crippen LogP contribution in [0.15, 0.2) is 35.2 Å². The lowest BCUT2D eigenvalue weighted by Gasteiger charge is -2.34. The maximum atomic E-state index is 12.9. The molecule has 1 saturated heterocycles. The number of carbonyl (C=O) groups excluding carboxylic acids is 1. The Morgan fingerprint density at radius 2 is 1.79 bits per heavy atom. The Hall–Kier alpha value is -2.72. The zero-order valence-electron chi connectivity index (χ0n) is 16.7. The van der Waals surface area contributed by atoms with Gasteiger partial charge in [-0.05, 0) is 32.9 Å². The summed E-state index contributed by atoms with van der Waals surface area (Å²) in [6.45, 7) is 7.48. The van der Waals surface area contributed by atoms with Crippen molar-refractivity contribution in [2.75, 3.05) is 26.2 Å². The number of carbonyl (C=O) groups is 1. The number of piperazine rings is 1. The standard InChI is InChI=1S/C19H24N4O5S/c1-4-22-14(2)12-18(15(22)3)19(24)20-8-10-21(11-9-20)29(27,28)17-7-5-6-16(13-17)23(25)26/h5-7,12-13H,4,8-11H2,1-3H3. The maximum Gasteiger partial charge on any atom is 0.270 e. The van der Waals surface area contributed by atoms with Crippen molar-refractivity contribution >= 4 is 21.6 Å². The van der Waals surface area contributed by atoms with Gasteiger partial charge in [0.1, 0.15) is 0 Å². The fraction of sp³-hybridized carbons (Fsp3) is 0.421. The van der Waals surface area contributed by atoms with E-state index in [-0.39, 0.29) is 42.7 Å². The van der Waals surface area contributed by atoms with Crippen molar-refractivity contribution in [3.8, 4) is 0 Å². The van der Waals surface area contributed by atoms with Gasteiger partial charge in [0.2, 0.25) is 10.0 Å². The highest BCUT2D eigenvalue weighted by molar-refractivity contribution is 7.89. The van der Waals surface area contributed by atoms with Crippen molar-refractivity contribution in [3.05, 3.63) is 57.4 Å². The van der Waals surface area contributed by atoms with Crippen LogP contribution in [-0.2, 0) is 16.6 Å². The zero-order valence-corrected chi connectivity index (χ0v) is 17.5. The Bertz CT molecular complexity index is 1050. The molecular weight excluding hydrogens is 396 g/mol. The van der Waals surface area contributed by atoms with E-state index in [0.29, 0.717) is 5.56 Å². The lowest BCUT2D eigenvalue weighted by atomic mass is 10.2. The van der Waals surface area contributed by atoms with Crippen LogP contribution in [0.1, 0.15) is 28.7 Å². The molecule has 156 valence electrons. The average molecular weight is 420 g/mol. The lowest BCUT2D eigenvalue weighted by Crippen LogP contribution is -2.50. The second kappa shape index (κ2) is 7.96. The molecule has 1 aliphatic rings. The van der Waals surface area contributed by atoms with Gasteiger partial charge in [-0.3, -0.25) is 14.9 Å². The molecule has 29 heavy (non-hydrogen) atoms. The Labute approximate surface area is 169 Å². The van der Waals surface area contributed by atoms with Crippen molar-refractivity contribution in [3.63, 3.8) is 0 Å². The van der Waals surface area contributed by atoms with E-state index in [1.165, 1.54) is 22.5 Å². The summed E-state index contributed by atoms with van der Waals surface area (Å²) in [7, 11) is -3.86. The average Bonchev–Trinajstić information content (AvgIpc) is 3.00. The maximum absolute atomic E-state index is 12.9. The molecule has 2 aromatic rings. The molecule has 0 atom stereocenters. The van der Waals surface area contributed by atoms with Gasteiger partial charge in [-0.1, -0.05) is 6.07 Å². The van der Waals surface area contributed by atoms with Gasteiger partial charge in [0.25, 0.3) is 11.6 Å². The highest BCUT2D eigenvalue weighted by atomic mass is 32.2. The smallest absolute Gasteiger partial charge is 0.270 e. The first-order valence-electron chi connectivity index (χ1n) is 9.37. The van der Waals surface area contributed by atoms with Crippen LogP contribution in [0, 0.1) is 24.0 Å². The Kier molecular flexibility index (Phi) is 5.76. The fourth-order valence-electron chi connectivity index (χ4n) is 3.71. The van der Waals surface area contributed by atoms with E-state index in [9.17, 15) is 23.3 Å². The fourth-order valence-corrected chi connectivity index (χ4v) is 5.18. The normalized spacial score (nSPS) is 15.5. The number of nitro benzene ring substituents is 1. The Balaban J connectivity index is 1.74. The van der Waals surface area contributed by atoms with Crippen molar-refractivity contribution < 1.29 is 18.1 Å². The highest BCUT2D eigenvalue weighted by Crippen LogP contribution is 2.23. The van der Waals surface area contributed by atoms with Crippen LogP contribution in [-0.4, -0.2) is 59.2 Å². The van der Waals surface area contributed by atoms with E-state index >= 15 is 0 Å². The van der Waals surface area contributed by atoms with E-state index in [1.807, 2.05) is 26.8 Å². The number of benzene rings is 1. The van der Waals surface area contributed by atoms with E-state index in [0.717, 1.165) is 24.0 Å². The predicted molar refractivity (Wildman–Crippen MR) is 107 cm³/mol. The molecule has 2 heterocycles. The molecule has 3 rings (SSSR count). The third kappa shape index (κ3) is 3.90. The molecule has 1 aliphatic heterocycles. The molecule has 10 heteroatoms. The van der Waals surface area contributed by atoms with Crippen LogP contribution in [0.5, 0.6) is 0 Å². The molecule has 0 spiro atoms. The van der Waals surface area contributed by atoms with Gasteiger partial charge in [-0.15, -0.1) is 0 Å². The molecule has 0 aliphatic carbocycles. The number of sulfonamides is 1. The second-order valence-electron chi connectivity index (χ2n) is 6.98. The SMILES string of the molecule is CCn1c(C)cc(C(=O)N2CCN(S(=O)(=O)c3cccc([N+](=O)[O-])c3)CC2)c1C. The number of rotatable bonds is 5. The summed E-state index contributed by atoms with van der Waals surface area (Å²) in [6, 6.07) is 6.88. The lowest BCUT2D eigenvalue weighted by molar-refractivity contribution is -0.385. The largest absolute Gasteiger partial charge is 0.349 e. The summed E-state index contributed by atoms with van der Waals surface area (Å²) in [5.41, 5.74) is 2.28. The monoisotopic (exact) mass is 420 g/mol. The summed E-state index contributed by atoms with van der Waals surface area (Å²) >= 11 is 0. The third-order valence-corrected chi connectivity index (χ3v) is 7.21. The first kappa shape index (κ1) is 21.0. The first-order valence-corrected chi connectivity index (χ1v) is 10.8.